The van der Waals surface area contributed by atoms with Crippen LogP contribution < -0.4 is 18.9 Å². The lowest BCUT2D eigenvalue weighted by Gasteiger charge is -2.13. The van der Waals surface area contributed by atoms with Gasteiger partial charge in [0, 0.05) is 13.2 Å². The minimum Gasteiger partial charge on any atom is -0.466 e. The molecule has 4 rings (SSSR count). The highest BCUT2D eigenvalue weighted by Gasteiger charge is 2.12. The molecule has 0 aromatic heterocycles. The molecule has 0 heterocycles. The maximum absolute atomic E-state index is 6.17. The van der Waals surface area contributed by atoms with Gasteiger partial charge in [-0.1, -0.05) is 24.3 Å². The Morgan fingerprint density at radius 3 is 1.20 bits per heavy atom. The molecule has 0 saturated heterocycles. The van der Waals surface area contributed by atoms with E-state index >= 15 is 0 Å². The second kappa shape index (κ2) is 16.7. The van der Waals surface area contributed by atoms with Crippen LogP contribution in [0.2, 0.25) is 0 Å². The largest absolute Gasteiger partial charge is 0.466 e. The van der Waals surface area contributed by atoms with Crippen LogP contribution >= 0.6 is 90.4 Å². The van der Waals surface area contributed by atoms with Crippen LogP contribution in [0.1, 0.15) is 25.0 Å². The normalized spacial score (nSPS) is 10.9. The van der Waals surface area contributed by atoms with Crippen molar-refractivity contribution in [3.63, 3.8) is 0 Å². The molecule has 0 radical (unpaired) electrons. The fourth-order valence-electron chi connectivity index (χ4n) is 3.62. The second-order valence-corrected chi connectivity index (χ2v) is 13.3. The molecule has 41 heavy (non-hydrogen) atoms. The summed E-state index contributed by atoms with van der Waals surface area (Å²) in [6.07, 6.45) is 0.809. The SMILES string of the molecule is CCOCOc1cc(I)c(Oc2ccc(Cc3ccc(Oc4cc(I)c(OCOCC)cc4I)cc3)cc2)cc1I. The van der Waals surface area contributed by atoms with Gasteiger partial charge in [0.15, 0.2) is 13.6 Å². The topological polar surface area (TPSA) is 55.4 Å². The summed E-state index contributed by atoms with van der Waals surface area (Å²) in [5, 5.41) is 0. The zero-order valence-corrected chi connectivity index (χ0v) is 31.1. The van der Waals surface area contributed by atoms with Gasteiger partial charge in [0.1, 0.15) is 34.5 Å². The van der Waals surface area contributed by atoms with E-state index in [1.807, 2.05) is 62.4 Å². The molecule has 0 aliphatic rings. The standard InChI is InChI=1S/C31H28I4O6/c1-3-36-18-38-28-14-26(34)30(16-24(28)32)40-22-9-5-20(6-10-22)13-21-7-11-23(12-8-21)41-31-17-25(33)29(15-27(31)35)39-19-37-4-2/h5-12,14-17H,3-4,13,18-19H2,1-2H3. The quantitative estimate of drug-likeness (QED) is 0.0713. The summed E-state index contributed by atoms with van der Waals surface area (Å²) in [7, 11) is 0. The highest BCUT2D eigenvalue weighted by atomic mass is 127. The fourth-order valence-corrected chi connectivity index (χ4v) is 5.90. The molecule has 0 aliphatic carbocycles. The van der Waals surface area contributed by atoms with Crippen molar-refractivity contribution >= 4 is 90.4 Å². The molecule has 4 aromatic rings. The maximum Gasteiger partial charge on any atom is 0.189 e. The van der Waals surface area contributed by atoms with E-state index in [1.54, 1.807) is 0 Å². The Morgan fingerprint density at radius 2 is 0.829 bits per heavy atom. The van der Waals surface area contributed by atoms with Crippen molar-refractivity contribution in [2.24, 2.45) is 0 Å². The molecule has 0 bridgehead atoms. The Hall–Kier alpha value is -1.08. The predicted molar refractivity (Wildman–Crippen MR) is 194 cm³/mol. The van der Waals surface area contributed by atoms with Gasteiger partial charge in [0.2, 0.25) is 0 Å². The monoisotopic (exact) mass is 1000 g/mol. The van der Waals surface area contributed by atoms with Crippen LogP contribution in [0.25, 0.3) is 0 Å². The zero-order chi connectivity index (χ0) is 29.2. The molecule has 10 heteroatoms. The molecule has 0 saturated carbocycles. The lowest BCUT2D eigenvalue weighted by Crippen LogP contribution is -2.03. The number of halogens is 4. The summed E-state index contributed by atoms with van der Waals surface area (Å²) in [4.78, 5) is 0. The van der Waals surface area contributed by atoms with E-state index < -0.39 is 0 Å². The van der Waals surface area contributed by atoms with E-state index in [1.165, 1.54) is 11.1 Å². The minimum absolute atomic E-state index is 0.234. The van der Waals surface area contributed by atoms with Crippen molar-refractivity contribution in [3.8, 4) is 34.5 Å². The molecule has 0 amide bonds. The zero-order valence-electron chi connectivity index (χ0n) is 22.4. The Bertz CT molecular complexity index is 1320. The van der Waals surface area contributed by atoms with Crippen molar-refractivity contribution in [2.45, 2.75) is 20.3 Å². The van der Waals surface area contributed by atoms with Crippen molar-refractivity contribution in [1.82, 2.24) is 0 Å². The van der Waals surface area contributed by atoms with E-state index in [0.717, 1.165) is 55.2 Å². The summed E-state index contributed by atoms with van der Waals surface area (Å²) in [5.41, 5.74) is 2.39. The van der Waals surface area contributed by atoms with Crippen molar-refractivity contribution < 1.29 is 28.4 Å². The van der Waals surface area contributed by atoms with Crippen LogP contribution in [0.5, 0.6) is 34.5 Å². The Morgan fingerprint density at radius 1 is 0.488 bits per heavy atom. The first-order valence-electron chi connectivity index (χ1n) is 12.8. The van der Waals surface area contributed by atoms with E-state index in [9.17, 15) is 0 Å². The summed E-state index contributed by atoms with van der Waals surface area (Å²) < 4.78 is 38.2. The van der Waals surface area contributed by atoms with Crippen LogP contribution in [0.4, 0.5) is 0 Å². The van der Waals surface area contributed by atoms with Gasteiger partial charge < -0.3 is 28.4 Å². The van der Waals surface area contributed by atoms with Crippen LogP contribution in [0.15, 0.2) is 72.8 Å². The van der Waals surface area contributed by atoms with Gasteiger partial charge in [0.05, 0.1) is 14.3 Å². The number of hydrogen-bond acceptors (Lipinski definition) is 6. The van der Waals surface area contributed by atoms with Gasteiger partial charge in [-0.15, -0.1) is 0 Å². The summed E-state index contributed by atoms with van der Waals surface area (Å²) in [6.45, 7) is 5.58. The Labute approximate surface area is 295 Å². The number of benzene rings is 4. The maximum atomic E-state index is 6.17. The first kappa shape index (κ1) is 32.8. The van der Waals surface area contributed by atoms with E-state index in [0.29, 0.717) is 13.2 Å². The van der Waals surface area contributed by atoms with Gasteiger partial charge in [0.25, 0.3) is 0 Å². The third-order valence-corrected chi connectivity index (χ3v) is 9.06. The lowest BCUT2D eigenvalue weighted by atomic mass is 10.0. The summed E-state index contributed by atoms with van der Waals surface area (Å²) in [5.74, 6) is 4.72. The molecule has 6 nitrogen and oxygen atoms in total. The molecule has 0 unspecified atom stereocenters. The third-order valence-electron chi connectivity index (χ3n) is 5.69. The van der Waals surface area contributed by atoms with Crippen molar-refractivity contribution in [2.75, 3.05) is 26.8 Å². The van der Waals surface area contributed by atoms with Gasteiger partial charge >= 0.3 is 0 Å². The molecule has 0 fully saturated rings. The van der Waals surface area contributed by atoms with E-state index in [4.69, 9.17) is 28.4 Å². The van der Waals surface area contributed by atoms with Crippen LogP contribution in [-0.2, 0) is 15.9 Å². The smallest absolute Gasteiger partial charge is 0.189 e. The van der Waals surface area contributed by atoms with Crippen LogP contribution in [0.3, 0.4) is 0 Å². The highest BCUT2D eigenvalue weighted by Crippen LogP contribution is 2.35. The Balaban J connectivity index is 1.34. The summed E-state index contributed by atoms with van der Waals surface area (Å²) >= 11 is 9.02. The molecule has 0 atom stereocenters. The number of ether oxygens (including phenoxy) is 6. The lowest BCUT2D eigenvalue weighted by molar-refractivity contribution is 0.0216. The van der Waals surface area contributed by atoms with Gasteiger partial charge in [-0.3, -0.25) is 0 Å². The van der Waals surface area contributed by atoms with Gasteiger partial charge in [-0.2, -0.15) is 0 Å². The third kappa shape index (κ3) is 9.98. The minimum atomic E-state index is 0.234. The molecular weight excluding hydrogens is 976 g/mol. The second-order valence-electron chi connectivity index (χ2n) is 8.60. The molecule has 0 N–H and O–H groups in total. The predicted octanol–water partition coefficient (Wildman–Crippen LogP) is 10.0. The number of rotatable bonds is 14. The van der Waals surface area contributed by atoms with Gasteiger partial charge in [-0.25, -0.2) is 0 Å². The first-order valence-corrected chi connectivity index (χ1v) is 17.1. The average Bonchev–Trinajstić information content (AvgIpc) is 2.96. The van der Waals surface area contributed by atoms with Crippen molar-refractivity contribution in [3.05, 3.63) is 98.2 Å². The fraction of sp³-hybridized carbons (Fsp3) is 0.226. The molecule has 4 aromatic carbocycles. The first-order chi connectivity index (χ1) is 19.9. The molecule has 216 valence electrons. The molecule has 0 spiro atoms. The molecule has 0 aliphatic heterocycles. The van der Waals surface area contributed by atoms with Crippen LogP contribution in [-0.4, -0.2) is 26.8 Å². The average molecular weight is 1000 g/mol. The van der Waals surface area contributed by atoms with E-state index in [2.05, 4.69) is 115 Å². The summed E-state index contributed by atoms with van der Waals surface area (Å²) in [6, 6.07) is 24.3. The Kier molecular flexibility index (Phi) is 13.4. The number of hydrogen-bond donors (Lipinski definition) is 0. The highest BCUT2D eigenvalue weighted by molar-refractivity contribution is 14.1. The van der Waals surface area contributed by atoms with Crippen molar-refractivity contribution in [1.29, 1.82) is 0 Å². The van der Waals surface area contributed by atoms with Gasteiger partial charge in [-0.05, 0) is 170 Å². The molecular formula is C31H28I4O6. The van der Waals surface area contributed by atoms with E-state index in [-0.39, 0.29) is 13.6 Å². The van der Waals surface area contributed by atoms with Crippen LogP contribution in [0, 0.1) is 14.3 Å².